The molecule has 0 spiro atoms. The predicted octanol–water partition coefficient (Wildman–Crippen LogP) is 5.06. The van der Waals surface area contributed by atoms with E-state index in [-0.39, 0.29) is 22.6 Å². The Morgan fingerprint density at radius 3 is 2.54 bits per heavy atom. The monoisotopic (exact) mass is 539 g/mol. The molecule has 3 heterocycles. The summed E-state index contributed by atoms with van der Waals surface area (Å²) in [6, 6.07) is 12.7. The van der Waals surface area contributed by atoms with Gasteiger partial charge >= 0.3 is 0 Å². The van der Waals surface area contributed by atoms with Crippen molar-refractivity contribution in [2.75, 3.05) is 31.6 Å². The molecular formula is C27H29N3O5S2. The second-order valence-electron chi connectivity index (χ2n) is 10.0. The van der Waals surface area contributed by atoms with Crippen LogP contribution in [0.5, 0.6) is 0 Å². The lowest BCUT2D eigenvalue weighted by atomic mass is 9.86. The SMILES string of the molecule is CC(C)(C)c1ccc2occ(CC(=O)Nc3nc(-c4ccc(S(=O)(=O)N5CCOCC5)cc4)cs3)c2c1. The molecule has 0 atom stereocenters. The molecule has 0 saturated carbocycles. The number of benzene rings is 2. The van der Waals surface area contributed by atoms with Crippen LogP contribution in [-0.4, -0.2) is 49.9 Å². The van der Waals surface area contributed by atoms with Crippen LogP contribution in [0.1, 0.15) is 31.9 Å². The van der Waals surface area contributed by atoms with Crippen molar-refractivity contribution >= 4 is 43.4 Å². The summed E-state index contributed by atoms with van der Waals surface area (Å²) in [5, 5.41) is 6.13. The number of nitrogens with one attached hydrogen (secondary N) is 1. The molecule has 0 bridgehead atoms. The van der Waals surface area contributed by atoms with Crippen LogP contribution >= 0.6 is 11.3 Å². The van der Waals surface area contributed by atoms with Gasteiger partial charge in [-0.15, -0.1) is 11.3 Å². The van der Waals surface area contributed by atoms with Crippen LogP contribution in [-0.2, 0) is 31.4 Å². The van der Waals surface area contributed by atoms with E-state index in [1.54, 1.807) is 30.5 Å². The van der Waals surface area contributed by atoms with Crippen LogP contribution in [0.15, 0.2) is 63.4 Å². The molecule has 1 fully saturated rings. The average molecular weight is 540 g/mol. The molecule has 1 aliphatic heterocycles. The lowest BCUT2D eigenvalue weighted by molar-refractivity contribution is -0.115. The van der Waals surface area contributed by atoms with Crippen LogP contribution in [0.3, 0.4) is 0 Å². The first-order chi connectivity index (χ1) is 17.6. The van der Waals surface area contributed by atoms with Crippen molar-refractivity contribution in [1.29, 1.82) is 0 Å². The molecule has 1 aliphatic rings. The minimum Gasteiger partial charge on any atom is -0.464 e. The van der Waals surface area contributed by atoms with E-state index < -0.39 is 10.0 Å². The summed E-state index contributed by atoms with van der Waals surface area (Å²) in [6.45, 7) is 7.96. The van der Waals surface area contributed by atoms with E-state index in [4.69, 9.17) is 9.15 Å². The Morgan fingerprint density at radius 1 is 1.11 bits per heavy atom. The van der Waals surface area contributed by atoms with Crippen LogP contribution < -0.4 is 5.32 Å². The third-order valence-corrected chi connectivity index (χ3v) is 9.05. The number of sulfonamides is 1. The number of aromatic nitrogens is 1. The normalized spacial score (nSPS) is 15.2. The molecule has 2 aromatic heterocycles. The number of morpholine rings is 1. The number of nitrogens with zero attached hydrogens (tertiary/aromatic N) is 2. The topological polar surface area (TPSA) is 102 Å². The minimum absolute atomic E-state index is 0.00677. The van der Waals surface area contributed by atoms with Crippen molar-refractivity contribution in [3.63, 3.8) is 0 Å². The Hall–Kier alpha value is -3.05. The predicted molar refractivity (Wildman–Crippen MR) is 144 cm³/mol. The molecule has 0 unspecified atom stereocenters. The number of carbonyl (C=O) groups is 1. The lowest BCUT2D eigenvalue weighted by Gasteiger charge is -2.26. The highest BCUT2D eigenvalue weighted by Gasteiger charge is 2.26. The molecule has 37 heavy (non-hydrogen) atoms. The summed E-state index contributed by atoms with van der Waals surface area (Å²) in [7, 11) is -3.55. The number of ether oxygens (including phenoxy) is 1. The quantitative estimate of drug-likeness (QED) is 0.368. The van der Waals surface area contributed by atoms with E-state index in [1.165, 1.54) is 21.2 Å². The van der Waals surface area contributed by atoms with E-state index in [2.05, 4.69) is 43.2 Å². The van der Waals surface area contributed by atoms with Gasteiger partial charge in [0.25, 0.3) is 0 Å². The first-order valence-electron chi connectivity index (χ1n) is 12.1. The maximum atomic E-state index is 12.8. The van der Waals surface area contributed by atoms with Gasteiger partial charge in [0.1, 0.15) is 5.58 Å². The summed E-state index contributed by atoms with van der Waals surface area (Å²) in [6.07, 6.45) is 1.81. The second kappa shape index (κ2) is 10.0. The van der Waals surface area contributed by atoms with Gasteiger partial charge in [-0.05, 0) is 35.2 Å². The van der Waals surface area contributed by atoms with Gasteiger partial charge in [0.05, 0.1) is 36.5 Å². The van der Waals surface area contributed by atoms with Gasteiger partial charge in [-0.2, -0.15) is 4.31 Å². The molecule has 1 amide bonds. The van der Waals surface area contributed by atoms with E-state index in [1.807, 2.05) is 11.4 Å². The Bertz CT molecular complexity index is 1530. The van der Waals surface area contributed by atoms with Gasteiger partial charge in [-0.1, -0.05) is 39.0 Å². The third-order valence-electron chi connectivity index (χ3n) is 6.38. The number of furan rings is 1. The fraction of sp³-hybridized carbons (Fsp3) is 0.333. The highest BCUT2D eigenvalue weighted by molar-refractivity contribution is 7.89. The number of amides is 1. The zero-order chi connectivity index (χ0) is 26.2. The molecule has 5 rings (SSSR count). The van der Waals surface area contributed by atoms with Crippen molar-refractivity contribution in [3.05, 3.63) is 65.2 Å². The number of anilines is 1. The van der Waals surface area contributed by atoms with Gasteiger partial charge in [0, 0.05) is 35.0 Å². The van der Waals surface area contributed by atoms with E-state index >= 15 is 0 Å². The van der Waals surface area contributed by atoms with Crippen molar-refractivity contribution in [2.45, 2.75) is 37.5 Å². The Kier molecular flexibility index (Phi) is 6.93. The fourth-order valence-corrected chi connectivity index (χ4v) is 6.36. The molecule has 2 aromatic carbocycles. The zero-order valence-corrected chi connectivity index (χ0v) is 22.6. The van der Waals surface area contributed by atoms with Crippen LogP contribution in [0, 0.1) is 0 Å². The maximum Gasteiger partial charge on any atom is 0.243 e. The van der Waals surface area contributed by atoms with Crippen molar-refractivity contribution < 1.29 is 22.4 Å². The maximum absolute atomic E-state index is 12.8. The van der Waals surface area contributed by atoms with E-state index in [0.717, 1.165) is 22.1 Å². The molecule has 1 saturated heterocycles. The molecule has 0 radical (unpaired) electrons. The summed E-state index contributed by atoms with van der Waals surface area (Å²) < 4.78 is 38.0. The molecule has 1 N–H and O–H groups in total. The van der Waals surface area contributed by atoms with E-state index in [0.29, 0.717) is 37.1 Å². The number of fused-ring (bicyclic) bond motifs is 1. The number of hydrogen-bond acceptors (Lipinski definition) is 7. The van der Waals surface area contributed by atoms with E-state index in [9.17, 15) is 13.2 Å². The first kappa shape index (κ1) is 25.6. The minimum atomic E-state index is -3.55. The second-order valence-corrected chi connectivity index (χ2v) is 12.8. The smallest absolute Gasteiger partial charge is 0.243 e. The van der Waals surface area contributed by atoms with Gasteiger partial charge < -0.3 is 14.5 Å². The zero-order valence-electron chi connectivity index (χ0n) is 21.0. The highest BCUT2D eigenvalue weighted by Crippen LogP contribution is 2.30. The Balaban J connectivity index is 1.26. The molecular weight excluding hydrogens is 510 g/mol. The summed E-state index contributed by atoms with van der Waals surface area (Å²) in [5.41, 5.74) is 4.19. The van der Waals surface area contributed by atoms with Crippen molar-refractivity contribution in [2.24, 2.45) is 0 Å². The van der Waals surface area contributed by atoms with Gasteiger partial charge in [0.15, 0.2) is 5.13 Å². The van der Waals surface area contributed by atoms with Crippen LogP contribution in [0.2, 0.25) is 0 Å². The molecule has 194 valence electrons. The summed E-state index contributed by atoms with van der Waals surface area (Å²) in [5.74, 6) is -0.184. The first-order valence-corrected chi connectivity index (χ1v) is 14.4. The molecule has 8 nitrogen and oxygen atoms in total. The third kappa shape index (κ3) is 5.47. The number of rotatable bonds is 6. The standard InChI is InChI=1S/C27H29N3O5S2/c1-27(2,3)20-6-9-24-22(15-20)19(16-35-24)14-25(31)29-26-28-23(17-36-26)18-4-7-21(8-5-18)37(32,33)30-10-12-34-13-11-30/h4-9,15-17H,10-14H2,1-3H3,(H,28,29,31). The average Bonchev–Trinajstić information content (AvgIpc) is 3.51. The lowest BCUT2D eigenvalue weighted by Crippen LogP contribution is -2.40. The Morgan fingerprint density at radius 2 is 1.84 bits per heavy atom. The summed E-state index contributed by atoms with van der Waals surface area (Å²) in [4.78, 5) is 17.6. The number of carbonyl (C=O) groups excluding carboxylic acids is 1. The largest absolute Gasteiger partial charge is 0.464 e. The van der Waals surface area contributed by atoms with Crippen molar-refractivity contribution in [3.8, 4) is 11.3 Å². The Labute approximate surface area is 220 Å². The van der Waals surface area contributed by atoms with Crippen LogP contribution in [0.4, 0.5) is 5.13 Å². The van der Waals surface area contributed by atoms with Crippen LogP contribution in [0.25, 0.3) is 22.2 Å². The molecule has 10 heteroatoms. The van der Waals surface area contributed by atoms with Crippen molar-refractivity contribution in [1.82, 2.24) is 9.29 Å². The highest BCUT2D eigenvalue weighted by atomic mass is 32.2. The van der Waals surface area contributed by atoms with Gasteiger partial charge in [-0.3, -0.25) is 4.79 Å². The number of thiazole rings is 1. The van der Waals surface area contributed by atoms with Gasteiger partial charge in [-0.25, -0.2) is 13.4 Å². The van der Waals surface area contributed by atoms with Gasteiger partial charge in [0.2, 0.25) is 15.9 Å². The fourth-order valence-electron chi connectivity index (χ4n) is 4.22. The summed E-state index contributed by atoms with van der Waals surface area (Å²) >= 11 is 1.32. The molecule has 4 aromatic rings. The molecule has 0 aliphatic carbocycles. The number of hydrogen-bond donors (Lipinski definition) is 1.